The van der Waals surface area contributed by atoms with Gasteiger partial charge in [0.2, 0.25) is 0 Å². The zero-order valence-electron chi connectivity index (χ0n) is 15.5. The number of hydrogen-bond donors (Lipinski definition) is 1. The molecule has 2 aromatic heterocycles. The third-order valence-electron chi connectivity index (χ3n) is 4.32. The van der Waals surface area contributed by atoms with Crippen LogP contribution < -0.4 is 15.6 Å². The second-order valence-electron chi connectivity index (χ2n) is 6.63. The summed E-state index contributed by atoms with van der Waals surface area (Å²) < 4.78 is 7.69. The van der Waals surface area contributed by atoms with Crippen molar-refractivity contribution in [1.29, 1.82) is 0 Å². The van der Waals surface area contributed by atoms with E-state index in [-0.39, 0.29) is 12.2 Å². The number of halogens is 1. The lowest BCUT2D eigenvalue weighted by molar-refractivity contribution is 0.123. The van der Waals surface area contributed by atoms with Crippen LogP contribution >= 0.6 is 32.2 Å². The Morgan fingerprint density at radius 2 is 2.00 bits per heavy atom. The van der Waals surface area contributed by atoms with Crippen molar-refractivity contribution in [3.05, 3.63) is 70.2 Å². The third-order valence-corrected chi connectivity index (χ3v) is 6.18. The standard InChI is InChI=1S/C21H18ClN2O3PS/c1-12(25)10-27-17-7-6-15(8-18(17)28)24-11-23-16-9-19(29-20(16)21(24)26)13-2-4-14(22)5-3-13/h2-9,11-12,25H,10,28H2,1H3/t12-/m1/s1. The van der Waals surface area contributed by atoms with Crippen LogP contribution in [0.2, 0.25) is 5.02 Å². The number of nitrogens with zero attached hydrogens (tertiary/aromatic N) is 2. The molecule has 148 valence electrons. The molecule has 0 amide bonds. The Kier molecular flexibility index (Phi) is 5.70. The zero-order valence-corrected chi connectivity index (χ0v) is 18.2. The Labute approximate surface area is 178 Å². The molecule has 0 saturated carbocycles. The Hall–Kier alpha value is -2.24. The van der Waals surface area contributed by atoms with Gasteiger partial charge in [-0.25, -0.2) is 4.98 Å². The number of thiophene rings is 1. The summed E-state index contributed by atoms with van der Waals surface area (Å²) in [6.45, 7) is 1.87. The van der Waals surface area contributed by atoms with E-state index in [1.165, 1.54) is 15.9 Å². The van der Waals surface area contributed by atoms with Crippen molar-refractivity contribution in [3.63, 3.8) is 0 Å². The summed E-state index contributed by atoms with van der Waals surface area (Å²) >= 11 is 7.38. The first kappa shape index (κ1) is 20.0. The first-order valence-electron chi connectivity index (χ1n) is 8.90. The van der Waals surface area contributed by atoms with Crippen LogP contribution in [-0.2, 0) is 0 Å². The molecule has 1 unspecified atom stereocenters. The Bertz CT molecular complexity index is 1240. The highest BCUT2D eigenvalue weighted by molar-refractivity contribution is 7.27. The van der Waals surface area contributed by atoms with E-state index in [4.69, 9.17) is 16.3 Å². The number of benzene rings is 2. The van der Waals surface area contributed by atoms with Crippen molar-refractivity contribution in [2.24, 2.45) is 0 Å². The summed E-state index contributed by atoms with van der Waals surface area (Å²) in [6.07, 6.45) is 0.987. The van der Waals surface area contributed by atoms with Crippen molar-refractivity contribution < 1.29 is 9.84 Å². The van der Waals surface area contributed by atoms with Gasteiger partial charge < -0.3 is 9.84 Å². The van der Waals surface area contributed by atoms with Gasteiger partial charge in [0, 0.05) is 15.2 Å². The minimum atomic E-state index is -0.554. The van der Waals surface area contributed by atoms with Crippen LogP contribution in [0.4, 0.5) is 0 Å². The second kappa shape index (κ2) is 8.25. The lowest BCUT2D eigenvalue weighted by Gasteiger charge is -2.12. The molecule has 0 spiro atoms. The van der Waals surface area contributed by atoms with Gasteiger partial charge in [0.25, 0.3) is 5.56 Å². The molecule has 0 saturated heterocycles. The maximum Gasteiger partial charge on any atom is 0.275 e. The number of aromatic nitrogens is 2. The Morgan fingerprint density at radius 1 is 1.24 bits per heavy atom. The van der Waals surface area contributed by atoms with E-state index in [0.717, 1.165) is 15.7 Å². The summed E-state index contributed by atoms with van der Waals surface area (Å²) in [5, 5.41) is 10.8. The fourth-order valence-electron chi connectivity index (χ4n) is 2.88. The number of fused-ring (bicyclic) bond motifs is 1. The maximum atomic E-state index is 13.1. The number of aliphatic hydroxyl groups excluding tert-OH is 1. The van der Waals surface area contributed by atoms with Crippen molar-refractivity contribution in [1.82, 2.24) is 9.55 Å². The highest BCUT2D eigenvalue weighted by Gasteiger charge is 2.13. The highest BCUT2D eigenvalue weighted by atomic mass is 35.5. The minimum Gasteiger partial charge on any atom is -0.490 e. The van der Waals surface area contributed by atoms with Gasteiger partial charge in [-0.05, 0) is 48.9 Å². The van der Waals surface area contributed by atoms with E-state index < -0.39 is 6.10 Å². The van der Waals surface area contributed by atoms with E-state index >= 15 is 0 Å². The average Bonchev–Trinajstić information content (AvgIpc) is 3.13. The number of ether oxygens (including phenoxy) is 1. The fourth-order valence-corrected chi connectivity index (χ4v) is 4.40. The van der Waals surface area contributed by atoms with E-state index in [1.54, 1.807) is 25.4 Å². The van der Waals surface area contributed by atoms with Crippen LogP contribution in [0.25, 0.3) is 26.3 Å². The van der Waals surface area contributed by atoms with Crippen molar-refractivity contribution >= 4 is 47.7 Å². The number of hydrogen-bond acceptors (Lipinski definition) is 5. The molecule has 29 heavy (non-hydrogen) atoms. The van der Waals surface area contributed by atoms with Gasteiger partial charge in [0.15, 0.2) is 0 Å². The van der Waals surface area contributed by atoms with Crippen LogP contribution in [0.15, 0.2) is 59.7 Å². The average molecular weight is 445 g/mol. The predicted molar refractivity (Wildman–Crippen MR) is 122 cm³/mol. The molecule has 4 rings (SSSR count). The maximum absolute atomic E-state index is 13.1. The highest BCUT2D eigenvalue weighted by Crippen LogP contribution is 2.31. The van der Waals surface area contributed by atoms with Gasteiger partial charge >= 0.3 is 0 Å². The van der Waals surface area contributed by atoms with E-state index in [2.05, 4.69) is 14.2 Å². The quantitative estimate of drug-likeness (QED) is 0.472. The summed E-state index contributed by atoms with van der Waals surface area (Å²) in [4.78, 5) is 18.5. The normalized spacial score (nSPS) is 12.3. The summed E-state index contributed by atoms with van der Waals surface area (Å²) in [5.74, 6) is 0.642. The lowest BCUT2D eigenvalue weighted by atomic mass is 10.2. The van der Waals surface area contributed by atoms with Gasteiger partial charge in [0.05, 0.1) is 17.3 Å². The van der Waals surface area contributed by atoms with Crippen molar-refractivity contribution in [2.45, 2.75) is 13.0 Å². The lowest BCUT2D eigenvalue weighted by Crippen LogP contribution is -2.19. The van der Waals surface area contributed by atoms with Gasteiger partial charge in [-0.15, -0.1) is 20.6 Å². The molecule has 5 nitrogen and oxygen atoms in total. The van der Waals surface area contributed by atoms with Gasteiger partial charge in [-0.1, -0.05) is 23.7 Å². The smallest absolute Gasteiger partial charge is 0.275 e. The molecular formula is C21H18ClN2O3PS. The van der Waals surface area contributed by atoms with Crippen molar-refractivity contribution in [2.75, 3.05) is 6.61 Å². The Morgan fingerprint density at radius 3 is 2.69 bits per heavy atom. The number of aliphatic hydroxyl groups is 1. The second-order valence-corrected chi connectivity index (χ2v) is 8.74. The van der Waals surface area contributed by atoms with Crippen molar-refractivity contribution in [3.8, 4) is 21.9 Å². The van der Waals surface area contributed by atoms with Crippen LogP contribution in [0, 0.1) is 0 Å². The van der Waals surface area contributed by atoms with Crippen LogP contribution in [0.5, 0.6) is 5.75 Å². The SMILES string of the molecule is C[C@@H](O)COc1ccc(-n2cnc3cc(-c4ccc(Cl)cc4)sc3c2=O)cc1P. The van der Waals surface area contributed by atoms with E-state index in [9.17, 15) is 9.90 Å². The monoisotopic (exact) mass is 444 g/mol. The topological polar surface area (TPSA) is 64.3 Å². The molecule has 8 heteroatoms. The summed E-state index contributed by atoms with van der Waals surface area (Å²) in [6, 6.07) is 14.9. The van der Waals surface area contributed by atoms with Crippen LogP contribution in [-0.4, -0.2) is 27.4 Å². The molecule has 2 aromatic carbocycles. The zero-order chi connectivity index (χ0) is 20.5. The minimum absolute atomic E-state index is 0.123. The van der Waals surface area contributed by atoms with Gasteiger partial charge in [-0.2, -0.15) is 0 Å². The molecule has 0 fully saturated rings. The first-order valence-corrected chi connectivity index (χ1v) is 10.7. The molecule has 1 N–H and O–H groups in total. The molecule has 0 bridgehead atoms. The molecule has 2 heterocycles. The molecule has 0 radical (unpaired) electrons. The molecule has 2 atom stereocenters. The molecule has 4 aromatic rings. The summed E-state index contributed by atoms with van der Waals surface area (Å²) in [5.41, 5.74) is 2.24. The molecule has 0 aliphatic rings. The molecule has 0 aliphatic carbocycles. The Balaban J connectivity index is 1.71. The van der Waals surface area contributed by atoms with Gasteiger partial charge in [0.1, 0.15) is 23.4 Å². The first-order chi connectivity index (χ1) is 13.9. The summed E-state index contributed by atoms with van der Waals surface area (Å²) in [7, 11) is 2.60. The number of rotatable bonds is 5. The predicted octanol–water partition coefficient (Wildman–Crippen LogP) is 4.03. The fraction of sp³-hybridized carbons (Fsp3) is 0.143. The van der Waals surface area contributed by atoms with Crippen LogP contribution in [0.3, 0.4) is 0 Å². The largest absolute Gasteiger partial charge is 0.490 e. The molecule has 0 aliphatic heterocycles. The third kappa shape index (κ3) is 4.21. The van der Waals surface area contributed by atoms with Gasteiger partial charge in [-0.3, -0.25) is 9.36 Å². The van der Waals surface area contributed by atoms with E-state index in [1.807, 2.05) is 36.4 Å². The van der Waals surface area contributed by atoms with Crippen LogP contribution in [0.1, 0.15) is 6.92 Å². The molecular weight excluding hydrogens is 427 g/mol. The van der Waals surface area contributed by atoms with E-state index in [0.29, 0.717) is 26.7 Å².